The van der Waals surface area contributed by atoms with E-state index in [1.807, 2.05) is 18.9 Å². The molecule has 2 atom stereocenters. The molecular weight excluding hydrogens is 378 g/mol. The zero-order valence-electron chi connectivity index (χ0n) is 14.9. The first kappa shape index (κ1) is 21.2. The molecule has 148 valence electrons. The lowest BCUT2D eigenvalue weighted by molar-refractivity contribution is -0.0498. The van der Waals surface area contributed by atoms with Crippen LogP contribution in [-0.2, 0) is 10.0 Å². The smallest absolute Gasteiger partial charge is 0.387 e. The highest BCUT2D eigenvalue weighted by Gasteiger charge is 2.18. The number of aliphatic hydroxyl groups excluding tert-OH is 1. The van der Waals surface area contributed by atoms with E-state index in [1.54, 1.807) is 12.1 Å². The van der Waals surface area contributed by atoms with Crippen molar-refractivity contribution < 1.29 is 27.0 Å². The fourth-order valence-electron chi connectivity index (χ4n) is 2.60. The van der Waals surface area contributed by atoms with Crippen LogP contribution in [0.25, 0.3) is 0 Å². The Bertz CT molecular complexity index is 843. The highest BCUT2D eigenvalue weighted by molar-refractivity contribution is 7.89. The molecule has 27 heavy (non-hydrogen) atoms. The van der Waals surface area contributed by atoms with E-state index in [1.165, 1.54) is 36.4 Å². The summed E-state index contributed by atoms with van der Waals surface area (Å²) in [4.78, 5) is 1.92. The highest BCUT2D eigenvalue weighted by atomic mass is 32.2. The van der Waals surface area contributed by atoms with Crippen molar-refractivity contribution in [2.24, 2.45) is 5.14 Å². The number of benzene rings is 2. The van der Waals surface area contributed by atoms with Gasteiger partial charge in [-0.15, -0.1) is 0 Å². The highest BCUT2D eigenvalue weighted by Crippen LogP contribution is 2.24. The van der Waals surface area contributed by atoms with Gasteiger partial charge >= 0.3 is 6.61 Å². The summed E-state index contributed by atoms with van der Waals surface area (Å²) < 4.78 is 51.3. The molecule has 0 fully saturated rings. The molecule has 0 aromatic heterocycles. The fraction of sp³-hybridized carbons (Fsp3) is 0.333. The first-order valence-corrected chi connectivity index (χ1v) is 9.68. The lowest BCUT2D eigenvalue weighted by Crippen LogP contribution is -2.27. The Balaban J connectivity index is 2.01. The van der Waals surface area contributed by atoms with E-state index >= 15 is 0 Å². The van der Waals surface area contributed by atoms with E-state index < -0.39 is 22.7 Å². The van der Waals surface area contributed by atoms with Crippen molar-refractivity contribution in [2.45, 2.75) is 30.6 Å². The van der Waals surface area contributed by atoms with Crippen molar-refractivity contribution >= 4 is 10.0 Å². The molecule has 0 heterocycles. The molecule has 0 bridgehead atoms. The van der Waals surface area contributed by atoms with Crippen LogP contribution in [0.3, 0.4) is 0 Å². The van der Waals surface area contributed by atoms with Crippen LogP contribution >= 0.6 is 0 Å². The minimum atomic E-state index is -3.74. The number of aliphatic hydroxyl groups is 1. The third-order valence-corrected chi connectivity index (χ3v) is 5.23. The topological polar surface area (TPSA) is 92.9 Å². The number of primary sulfonamides is 1. The van der Waals surface area contributed by atoms with Gasteiger partial charge in [0.25, 0.3) is 0 Å². The minimum absolute atomic E-state index is 0.0256. The maximum Gasteiger partial charge on any atom is 0.387 e. The van der Waals surface area contributed by atoms with Crippen molar-refractivity contribution in [2.75, 3.05) is 13.6 Å². The number of ether oxygens (including phenoxy) is 1. The molecular formula is C18H22F2N2O4S. The minimum Gasteiger partial charge on any atom is -0.435 e. The van der Waals surface area contributed by atoms with Crippen LogP contribution in [-0.4, -0.2) is 38.6 Å². The fourth-order valence-corrected chi connectivity index (χ4v) is 3.11. The Morgan fingerprint density at radius 1 is 1.07 bits per heavy atom. The van der Waals surface area contributed by atoms with E-state index in [0.29, 0.717) is 5.56 Å². The average molecular weight is 400 g/mol. The van der Waals surface area contributed by atoms with Gasteiger partial charge in [-0.3, -0.25) is 4.90 Å². The number of hydrogen-bond donors (Lipinski definition) is 2. The SMILES string of the molecule is CC(c1ccc(S(N)(=O)=O)cc1)N(C)CC(O)c1ccc(OC(F)F)cc1. The van der Waals surface area contributed by atoms with E-state index in [9.17, 15) is 22.3 Å². The molecule has 0 aliphatic carbocycles. The van der Waals surface area contributed by atoms with Crippen molar-refractivity contribution in [3.63, 3.8) is 0 Å². The summed E-state index contributed by atoms with van der Waals surface area (Å²) in [6, 6.07) is 11.9. The van der Waals surface area contributed by atoms with Crippen LogP contribution in [0.2, 0.25) is 0 Å². The van der Waals surface area contributed by atoms with Gasteiger partial charge in [0.15, 0.2) is 0 Å². The van der Waals surface area contributed by atoms with Crippen LogP contribution in [0.1, 0.15) is 30.2 Å². The maximum atomic E-state index is 12.2. The van der Waals surface area contributed by atoms with Crippen molar-refractivity contribution in [3.05, 3.63) is 59.7 Å². The lowest BCUT2D eigenvalue weighted by atomic mass is 10.1. The Hall–Kier alpha value is -2.07. The average Bonchev–Trinajstić information content (AvgIpc) is 2.60. The number of likely N-dealkylation sites (N-methyl/N-ethyl adjacent to an activating group) is 1. The molecule has 9 heteroatoms. The molecule has 3 N–H and O–H groups in total. The summed E-state index contributed by atoms with van der Waals surface area (Å²) in [6.07, 6.45) is -0.832. The summed E-state index contributed by atoms with van der Waals surface area (Å²) in [5.41, 5.74) is 1.43. The molecule has 0 radical (unpaired) electrons. The lowest BCUT2D eigenvalue weighted by Gasteiger charge is -2.27. The molecule has 2 aromatic carbocycles. The standard InChI is InChI=1S/C18H22F2N2O4S/c1-12(13-5-9-16(10-6-13)27(21,24)25)22(2)11-17(23)14-3-7-15(8-4-14)26-18(19)20/h3-10,12,17-18,23H,11H2,1-2H3,(H2,21,24,25). The van der Waals surface area contributed by atoms with Gasteiger partial charge in [0.1, 0.15) is 5.75 Å². The molecule has 6 nitrogen and oxygen atoms in total. The number of nitrogens with zero attached hydrogens (tertiary/aromatic N) is 1. The largest absolute Gasteiger partial charge is 0.435 e. The number of alkyl halides is 2. The predicted molar refractivity (Wildman–Crippen MR) is 96.9 cm³/mol. The van der Waals surface area contributed by atoms with Gasteiger partial charge in [-0.05, 0) is 49.4 Å². The summed E-state index contributed by atoms with van der Waals surface area (Å²) in [5, 5.41) is 15.5. The summed E-state index contributed by atoms with van der Waals surface area (Å²) in [7, 11) is -1.93. The van der Waals surface area contributed by atoms with E-state index in [-0.39, 0.29) is 23.2 Å². The maximum absolute atomic E-state index is 12.2. The van der Waals surface area contributed by atoms with Crippen molar-refractivity contribution in [3.8, 4) is 5.75 Å². The molecule has 0 aliphatic heterocycles. The van der Waals surface area contributed by atoms with Crippen LogP contribution in [0.5, 0.6) is 5.75 Å². The third kappa shape index (κ3) is 5.96. The van der Waals surface area contributed by atoms with Crippen molar-refractivity contribution in [1.82, 2.24) is 4.90 Å². The summed E-state index contributed by atoms with van der Waals surface area (Å²) in [5.74, 6) is 0.0256. The van der Waals surface area contributed by atoms with Crippen molar-refractivity contribution in [1.29, 1.82) is 0 Å². The number of halogens is 2. The molecule has 0 aliphatic rings. The second kappa shape index (κ2) is 8.75. The van der Waals surface area contributed by atoms with Gasteiger partial charge in [-0.2, -0.15) is 8.78 Å². The Morgan fingerprint density at radius 2 is 1.59 bits per heavy atom. The number of hydrogen-bond acceptors (Lipinski definition) is 5. The second-order valence-electron chi connectivity index (χ2n) is 6.19. The van der Waals surface area contributed by atoms with Gasteiger partial charge in [0.05, 0.1) is 11.0 Å². The van der Waals surface area contributed by atoms with E-state index in [4.69, 9.17) is 5.14 Å². The summed E-state index contributed by atoms with van der Waals surface area (Å²) in [6.45, 7) is -0.695. The molecule has 0 spiro atoms. The Labute approximate surface area is 157 Å². The molecule has 0 amide bonds. The second-order valence-corrected chi connectivity index (χ2v) is 7.75. The van der Waals surface area contributed by atoms with Crippen LogP contribution < -0.4 is 9.88 Å². The molecule has 2 aromatic rings. The van der Waals surface area contributed by atoms with Gasteiger partial charge < -0.3 is 9.84 Å². The van der Waals surface area contributed by atoms with Gasteiger partial charge in [0, 0.05) is 12.6 Å². The van der Waals surface area contributed by atoms with Crippen LogP contribution in [0.4, 0.5) is 8.78 Å². The molecule has 0 saturated heterocycles. The van der Waals surface area contributed by atoms with Gasteiger partial charge in [-0.1, -0.05) is 24.3 Å². The third-order valence-electron chi connectivity index (χ3n) is 4.30. The monoisotopic (exact) mass is 400 g/mol. The van der Waals surface area contributed by atoms with Crippen LogP contribution in [0, 0.1) is 0 Å². The first-order chi connectivity index (χ1) is 12.6. The first-order valence-electron chi connectivity index (χ1n) is 8.13. The zero-order chi connectivity index (χ0) is 20.2. The molecule has 2 unspecified atom stereocenters. The normalized spacial score (nSPS) is 14.4. The number of rotatable bonds is 8. The van der Waals surface area contributed by atoms with Crippen LogP contribution in [0.15, 0.2) is 53.4 Å². The predicted octanol–water partition coefficient (Wildman–Crippen LogP) is 2.66. The summed E-state index contributed by atoms with van der Waals surface area (Å²) >= 11 is 0. The Morgan fingerprint density at radius 3 is 2.07 bits per heavy atom. The zero-order valence-corrected chi connectivity index (χ0v) is 15.7. The quantitative estimate of drug-likeness (QED) is 0.711. The van der Waals surface area contributed by atoms with Gasteiger partial charge in [0.2, 0.25) is 10.0 Å². The molecule has 2 rings (SSSR count). The van der Waals surface area contributed by atoms with Gasteiger partial charge in [-0.25, -0.2) is 13.6 Å². The number of nitrogens with two attached hydrogens (primary N) is 1. The Kier molecular flexibility index (Phi) is 6.88. The van der Waals surface area contributed by atoms with E-state index in [2.05, 4.69) is 4.74 Å². The van der Waals surface area contributed by atoms with E-state index in [0.717, 1.165) is 5.56 Å². The number of sulfonamides is 1. The molecule has 0 saturated carbocycles.